The summed E-state index contributed by atoms with van der Waals surface area (Å²) in [5.74, 6) is 2.13. The number of para-hydroxylation sites is 1. The molecule has 4 rings (SSSR count). The van der Waals surface area contributed by atoms with E-state index in [2.05, 4.69) is 107 Å². The number of hydrogen-bond acceptors (Lipinski definition) is 3. The molecule has 0 bridgehead atoms. The van der Waals surface area contributed by atoms with Crippen LogP contribution in [0, 0.1) is 12.3 Å². The molecule has 0 aliphatic carbocycles. The molecule has 0 radical (unpaired) electrons. The summed E-state index contributed by atoms with van der Waals surface area (Å²) in [7, 11) is 0. The van der Waals surface area contributed by atoms with Crippen molar-refractivity contribution in [2.24, 2.45) is 5.41 Å². The highest BCUT2D eigenvalue weighted by Gasteiger charge is 2.24. The fraction of sp³-hybridized carbons (Fsp3) is 0.387. The van der Waals surface area contributed by atoms with Gasteiger partial charge in [-0.15, -0.1) is 11.3 Å². The molecule has 0 N–H and O–H groups in total. The number of fused-ring (bicyclic) bond motifs is 1. The molecular weight excluding hydrogens is 450 g/mol. The van der Waals surface area contributed by atoms with E-state index in [9.17, 15) is 0 Å². The Kier molecular flexibility index (Phi) is 8.16. The molecule has 0 saturated heterocycles. The minimum Gasteiger partial charge on any atom is -0.230 e. The van der Waals surface area contributed by atoms with E-state index in [1.165, 1.54) is 46.2 Å². The first-order chi connectivity index (χ1) is 16.3. The molecule has 4 aromatic rings. The summed E-state index contributed by atoms with van der Waals surface area (Å²) in [6.07, 6.45) is 3.59. The van der Waals surface area contributed by atoms with Crippen LogP contribution in [-0.4, -0.2) is 4.98 Å². The number of thiazole rings is 1. The van der Waals surface area contributed by atoms with Crippen molar-refractivity contribution in [2.75, 3.05) is 0 Å². The fourth-order valence-electron chi connectivity index (χ4n) is 4.74. The molecular formula is C31H37NS2. The Morgan fingerprint density at radius 3 is 2.15 bits per heavy atom. The molecule has 2 unspecified atom stereocenters. The largest absolute Gasteiger partial charge is 0.230 e. The van der Waals surface area contributed by atoms with Gasteiger partial charge in [0.25, 0.3) is 0 Å². The summed E-state index contributed by atoms with van der Waals surface area (Å²) in [4.78, 5) is 4.77. The van der Waals surface area contributed by atoms with Gasteiger partial charge in [-0.2, -0.15) is 0 Å². The van der Waals surface area contributed by atoms with E-state index < -0.39 is 0 Å². The molecule has 3 aromatic carbocycles. The Labute approximate surface area is 214 Å². The van der Waals surface area contributed by atoms with Gasteiger partial charge in [-0.25, -0.2) is 4.98 Å². The van der Waals surface area contributed by atoms with Gasteiger partial charge >= 0.3 is 0 Å². The van der Waals surface area contributed by atoms with Crippen molar-refractivity contribution < 1.29 is 0 Å². The van der Waals surface area contributed by atoms with Crippen molar-refractivity contribution in [1.29, 1.82) is 0 Å². The summed E-state index contributed by atoms with van der Waals surface area (Å²) in [5, 5.41) is 0. The van der Waals surface area contributed by atoms with Crippen LogP contribution in [0.1, 0.15) is 81.0 Å². The lowest BCUT2D eigenvalue weighted by Gasteiger charge is -2.30. The third kappa shape index (κ3) is 6.73. The molecule has 0 saturated carbocycles. The third-order valence-corrected chi connectivity index (χ3v) is 8.81. The van der Waals surface area contributed by atoms with Gasteiger partial charge in [-0.05, 0) is 72.3 Å². The topological polar surface area (TPSA) is 12.9 Å². The van der Waals surface area contributed by atoms with Gasteiger partial charge in [0.15, 0.2) is 4.34 Å². The Morgan fingerprint density at radius 2 is 1.50 bits per heavy atom. The van der Waals surface area contributed by atoms with Gasteiger partial charge in [-0.3, -0.25) is 0 Å². The molecule has 2 atom stereocenters. The van der Waals surface area contributed by atoms with E-state index in [1.807, 2.05) is 11.8 Å². The van der Waals surface area contributed by atoms with Crippen molar-refractivity contribution in [3.05, 3.63) is 95.1 Å². The first-order valence-corrected chi connectivity index (χ1v) is 14.2. The second kappa shape index (κ2) is 11.1. The van der Waals surface area contributed by atoms with Crippen LogP contribution in [-0.2, 0) is 5.75 Å². The normalized spacial score (nSPS) is 13.8. The zero-order valence-corrected chi connectivity index (χ0v) is 22.8. The number of aromatic nitrogens is 1. The van der Waals surface area contributed by atoms with Gasteiger partial charge in [0.2, 0.25) is 0 Å². The summed E-state index contributed by atoms with van der Waals surface area (Å²) in [6.45, 7) is 11.6. The molecule has 0 fully saturated rings. The van der Waals surface area contributed by atoms with Gasteiger partial charge < -0.3 is 0 Å². The van der Waals surface area contributed by atoms with E-state index in [4.69, 9.17) is 4.98 Å². The predicted octanol–water partition coefficient (Wildman–Crippen LogP) is 10.0. The van der Waals surface area contributed by atoms with Crippen LogP contribution < -0.4 is 0 Å². The van der Waals surface area contributed by atoms with E-state index in [0.717, 1.165) is 15.6 Å². The minimum atomic E-state index is 0.303. The van der Waals surface area contributed by atoms with Crippen LogP contribution in [0.2, 0.25) is 0 Å². The predicted molar refractivity (Wildman–Crippen MR) is 151 cm³/mol. The number of nitrogens with zero attached hydrogens (tertiary/aromatic N) is 1. The van der Waals surface area contributed by atoms with Gasteiger partial charge in [0.1, 0.15) is 0 Å². The summed E-state index contributed by atoms with van der Waals surface area (Å²) >= 11 is 3.63. The van der Waals surface area contributed by atoms with Gasteiger partial charge in [-0.1, -0.05) is 106 Å². The first kappa shape index (κ1) is 25.0. The second-order valence-electron chi connectivity index (χ2n) is 10.7. The molecule has 1 aromatic heterocycles. The molecule has 0 amide bonds. The number of thioether (sulfide) groups is 1. The van der Waals surface area contributed by atoms with E-state index >= 15 is 0 Å². The van der Waals surface area contributed by atoms with Crippen molar-refractivity contribution in [3.63, 3.8) is 0 Å². The lowest BCUT2D eigenvalue weighted by atomic mass is 9.75. The molecule has 0 aliphatic heterocycles. The van der Waals surface area contributed by atoms with Crippen molar-refractivity contribution in [1.82, 2.24) is 4.98 Å². The average Bonchev–Trinajstić information content (AvgIpc) is 3.24. The van der Waals surface area contributed by atoms with Crippen LogP contribution in [0.5, 0.6) is 0 Å². The number of benzene rings is 3. The van der Waals surface area contributed by atoms with Crippen molar-refractivity contribution in [3.8, 4) is 0 Å². The summed E-state index contributed by atoms with van der Waals surface area (Å²) in [5.41, 5.74) is 7.08. The third-order valence-electron chi connectivity index (χ3n) is 6.56. The highest BCUT2D eigenvalue weighted by atomic mass is 32.2. The average molecular weight is 488 g/mol. The first-order valence-electron chi connectivity index (χ1n) is 12.4. The standard InChI is InChI=1S/C31H37NS2/c1-6-24(25-15-11-22(2)12-16-25)19-27(20-31(3,4)5)26-17-13-23(14-18-26)21-33-30-32-28-9-7-8-10-29(28)34-30/h7-18,24,27H,6,19-21H2,1-5H3. The van der Waals surface area contributed by atoms with Crippen molar-refractivity contribution >= 4 is 33.3 Å². The monoisotopic (exact) mass is 487 g/mol. The SMILES string of the molecule is CCC(CC(CC(C)(C)C)c1ccc(CSc2nc3ccccc3s2)cc1)c1ccc(C)cc1. The van der Waals surface area contributed by atoms with Gasteiger partial charge in [0, 0.05) is 5.75 Å². The number of rotatable bonds is 9. The lowest BCUT2D eigenvalue weighted by Crippen LogP contribution is -2.15. The molecule has 178 valence electrons. The summed E-state index contributed by atoms with van der Waals surface area (Å²) in [6, 6.07) is 27.0. The maximum atomic E-state index is 4.77. The van der Waals surface area contributed by atoms with Crippen LogP contribution in [0.15, 0.2) is 77.1 Å². The van der Waals surface area contributed by atoms with E-state index in [-0.39, 0.29) is 0 Å². The molecule has 1 nitrogen and oxygen atoms in total. The van der Waals surface area contributed by atoms with Crippen molar-refractivity contribution in [2.45, 2.75) is 75.8 Å². The Hall–Kier alpha value is -2.10. The molecule has 0 spiro atoms. The number of aryl methyl sites for hydroxylation is 1. The van der Waals surface area contributed by atoms with Crippen LogP contribution in [0.25, 0.3) is 10.2 Å². The zero-order valence-electron chi connectivity index (χ0n) is 21.2. The van der Waals surface area contributed by atoms with Crippen LogP contribution in [0.3, 0.4) is 0 Å². The van der Waals surface area contributed by atoms with Crippen LogP contribution >= 0.6 is 23.1 Å². The highest BCUT2D eigenvalue weighted by molar-refractivity contribution is 8.00. The van der Waals surface area contributed by atoms with Gasteiger partial charge in [0.05, 0.1) is 10.2 Å². The maximum Gasteiger partial charge on any atom is 0.151 e. The molecule has 3 heteroatoms. The molecule has 1 heterocycles. The molecule has 0 aliphatic rings. The summed E-state index contributed by atoms with van der Waals surface area (Å²) < 4.78 is 2.42. The molecule has 34 heavy (non-hydrogen) atoms. The Morgan fingerprint density at radius 1 is 0.853 bits per heavy atom. The fourth-order valence-corrected chi connectivity index (χ4v) is 6.77. The van der Waals surface area contributed by atoms with E-state index in [1.54, 1.807) is 11.3 Å². The second-order valence-corrected chi connectivity index (χ2v) is 12.9. The highest BCUT2D eigenvalue weighted by Crippen LogP contribution is 2.40. The lowest BCUT2D eigenvalue weighted by molar-refractivity contribution is 0.319. The quantitative estimate of drug-likeness (QED) is 0.218. The maximum absolute atomic E-state index is 4.77. The van der Waals surface area contributed by atoms with E-state index in [0.29, 0.717) is 17.3 Å². The number of hydrogen-bond donors (Lipinski definition) is 0. The Balaban J connectivity index is 1.46. The smallest absolute Gasteiger partial charge is 0.151 e. The minimum absolute atomic E-state index is 0.303. The van der Waals surface area contributed by atoms with Crippen LogP contribution in [0.4, 0.5) is 0 Å². The zero-order chi connectivity index (χ0) is 24.1. The Bertz CT molecular complexity index is 1150.